The van der Waals surface area contributed by atoms with Gasteiger partial charge in [-0.05, 0) is 20.3 Å². The number of nitriles is 1. The Morgan fingerprint density at radius 3 is 2.11 bits per heavy atom. The molecular weight excluding hydrogens is 110 g/mol. The molecule has 0 aromatic rings. The van der Waals surface area contributed by atoms with E-state index in [9.17, 15) is 0 Å². The normalized spacial score (nSPS) is 8.22. The van der Waals surface area contributed by atoms with Gasteiger partial charge in [0.05, 0.1) is 12.5 Å². The molecule has 50 valence electrons. The fourth-order valence-electron chi connectivity index (χ4n) is 0.751. The molecule has 0 aromatic heterocycles. The van der Waals surface area contributed by atoms with E-state index in [4.69, 9.17) is 5.26 Å². The molecule has 0 rings (SSSR count). The van der Waals surface area contributed by atoms with Gasteiger partial charge in [-0.25, -0.2) is 0 Å². The second-order valence-corrected chi connectivity index (χ2v) is 2.29. The van der Waals surface area contributed by atoms with Crippen molar-refractivity contribution in [3.63, 3.8) is 0 Å². The lowest BCUT2D eigenvalue weighted by Gasteiger charge is -1.99. The molecule has 0 bridgehead atoms. The van der Waals surface area contributed by atoms with Crippen LogP contribution in [0, 0.1) is 11.3 Å². The Kier molecular flexibility index (Phi) is 3.79. The van der Waals surface area contributed by atoms with Crippen molar-refractivity contribution < 1.29 is 0 Å². The summed E-state index contributed by atoms with van der Waals surface area (Å²) in [4.78, 5) is 0. The highest BCUT2D eigenvalue weighted by Gasteiger charge is 1.93. The van der Waals surface area contributed by atoms with Gasteiger partial charge in [-0.1, -0.05) is 18.1 Å². The molecule has 0 aliphatic heterocycles. The number of rotatable bonds is 2. The van der Waals surface area contributed by atoms with E-state index in [1.807, 2.05) is 0 Å². The van der Waals surface area contributed by atoms with E-state index >= 15 is 0 Å². The molecule has 0 radical (unpaired) electrons. The minimum atomic E-state index is 0.596. The Hall–Kier alpha value is -0.770. The van der Waals surface area contributed by atoms with Crippen LogP contribution in [0.5, 0.6) is 0 Å². The van der Waals surface area contributed by atoms with Crippen LogP contribution >= 0.6 is 0 Å². The third-order valence-corrected chi connectivity index (χ3v) is 1.43. The Morgan fingerprint density at radius 2 is 2.00 bits per heavy atom. The molecule has 0 aliphatic rings. The lowest BCUT2D eigenvalue weighted by atomic mass is 10.1. The van der Waals surface area contributed by atoms with Gasteiger partial charge in [-0.3, -0.25) is 0 Å². The van der Waals surface area contributed by atoms with Crippen molar-refractivity contribution in [1.29, 1.82) is 5.26 Å². The Balaban J connectivity index is 4.03. The molecule has 0 unspecified atom stereocenters. The summed E-state index contributed by atoms with van der Waals surface area (Å²) in [6.07, 6.45) is 1.61. The van der Waals surface area contributed by atoms with Crippen molar-refractivity contribution >= 4 is 0 Å². The molecule has 0 saturated carbocycles. The summed E-state index contributed by atoms with van der Waals surface area (Å²) in [5.41, 5.74) is 2.57. The van der Waals surface area contributed by atoms with Crippen LogP contribution in [0.4, 0.5) is 0 Å². The summed E-state index contributed by atoms with van der Waals surface area (Å²) in [6.45, 7) is 6.19. The van der Waals surface area contributed by atoms with Gasteiger partial charge in [0, 0.05) is 0 Å². The quantitative estimate of drug-likeness (QED) is 0.518. The van der Waals surface area contributed by atoms with Gasteiger partial charge in [0.25, 0.3) is 0 Å². The SMILES string of the molecule is CCC(CC#N)=C(C)C. The Labute approximate surface area is 57.0 Å². The van der Waals surface area contributed by atoms with E-state index in [2.05, 4.69) is 26.8 Å². The first-order chi connectivity index (χ1) is 4.22. The van der Waals surface area contributed by atoms with E-state index in [0.717, 1.165) is 6.42 Å². The first-order valence-electron chi connectivity index (χ1n) is 3.24. The van der Waals surface area contributed by atoms with Crippen LogP contribution in [0.25, 0.3) is 0 Å². The predicted molar refractivity (Wildman–Crippen MR) is 38.9 cm³/mol. The minimum absolute atomic E-state index is 0.596. The van der Waals surface area contributed by atoms with Crippen molar-refractivity contribution in [1.82, 2.24) is 0 Å². The van der Waals surface area contributed by atoms with Crippen LogP contribution in [0.1, 0.15) is 33.6 Å². The lowest BCUT2D eigenvalue weighted by molar-refractivity contribution is 0.997. The largest absolute Gasteiger partial charge is 0.198 e. The van der Waals surface area contributed by atoms with Gasteiger partial charge in [-0.15, -0.1) is 0 Å². The topological polar surface area (TPSA) is 23.8 Å². The van der Waals surface area contributed by atoms with Crippen LogP contribution in [0.15, 0.2) is 11.1 Å². The molecule has 0 fully saturated rings. The molecule has 1 heteroatoms. The van der Waals surface area contributed by atoms with Gasteiger partial charge in [-0.2, -0.15) is 5.26 Å². The molecule has 9 heavy (non-hydrogen) atoms. The summed E-state index contributed by atoms with van der Waals surface area (Å²) in [5.74, 6) is 0. The molecule has 0 aromatic carbocycles. The number of hydrogen-bond donors (Lipinski definition) is 0. The van der Waals surface area contributed by atoms with Gasteiger partial charge < -0.3 is 0 Å². The van der Waals surface area contributed by atoms with Crippen molar-refractivity contribution in [2.75, 3.05) is 0 Å². The summed E-state index contributed by atoms with van der Waals surface area (Å²) in [7, 11) is 0. The highest BCUT2D eigenvalue weighted by molar-refractivity contribution is 5.13. The molecule has 1 nitrogen and oxygen atoms in total. The van der Waals surface area contributed by atoms with Crippen molar-refractivity contribution in [2.45, 2.75) is 33.6 Å². The van der Waals surface area contributed by atoms with E-state index < -0.39 is 0 Å². The van der Waals surface area contributed by atoms with E-state index in [-0.39, 0.29) is 0 Å². The molecule has 0 spiro atoms. The van der Waals surface area contributed by atoms with Crippen molar-refractivity contribution in [2.24, 2.45) is 0 Å². The number of allylic oxidation sites excluding steroid dienone is 2. The monoisotopic (exact) mass is 123 g/mol. The maximum Gasteiger partial charge on any atom is 0.0666 e. The van der Waals surface area contributed by atoms with Gasteiger partial charge in [0.1, 0.15) is 0 Å². The standard InChI is InChI=1S/C8H13N/c1-4-8(5-6-9)7(2)3/h4-5H2,1-3H3. The molecule has 0 aliphatic carbocycles. The molecule has 0 saturated heterocycles. The number of hydrogen-bond acceptors (Lipinski definition) is 1. The predicted octanol–water partition coefficient (Wildman–Crippen LogP) is 2.65. The third kappa shape index (κ3) is 2.92. The molecule has 0 amide bonds. The molecule has 0 atom stereocenters. The minimum Gasteiger partial charge on any atom is -0.198 e. The zero-order valence-electron chi connectivity index (χ0n) is 6.36. The summed E-state index contributed by atoms with van der Waals surface area (Å²) in [6, 6.07) is 2.14. The molecular formula is C8H13N. The van der Waals surface area contributed by atoms with Gasteiger partial charge >= 0.3 is 0 Å². The zero-order valence-corrected chi connectivity index (χ0v) is 6.36. The lowest BCUT2D eigenvalue weighted by Crippen LogP contribution is -1.81. The molecule has 0 N–H and O–H groups in total. The summed E-state index contributed by atoms with van der Waals surface area (Å²) in [5, 5.41) is 8.33. The Bertz CT molecular complexity index is 144. The fraction of sp³-hybridized carbons (Fsp3) is 0.625. The van der Waals surface area contributed by atoms with Crippen LogP contribution in [0.3, 0.4) is 0 Å². The average Bonchev–Trinajstić information content (AvgIpc) is 1.82. The highest BCUT2D eigenvalue weighted by Crippen LogP contribution is 2.10. The Morgan fingerprint density at radius 1 is 1.44 bits per heavy atom. The fourth-order valence-corrected chi connectivity index (χ4v) is 0.751. The van der Waals surface area contributed by atoms with Crippen molar-refractivity contribution in [3.05, 3.63) is 11.1 Å². The van der Waals surface area contributed by atoms with E-state index in [1.165, 1.54) is 11.1 Å². The van der Waals surface area contributed by atoms with Crippen LogP contribution in [-0.4, -0.2) is 0 Å². The van der Waals surface area contributed by atoms with Crippen LogP contribution in [0.2, 0.25) is 0 Å². The average molecular weight is 123 g/mol. The maximum atomic E-state index is 8.33. The van der Waals surface area contributed by atoms with Crippen LogP contribution < -0.4 is 0 Å². The maximum absolute atomic E-state index is 8.33. The zero-order chi connectivity index (χ0) is 7.28. The highest BCUT2D eigenvalue weighted by atomic mass is 14.2. The van der Waals surface area contributed by atoms with Gasteiger partial charge in [0.15, 0.2) is 0 Å². The first kappa shape index (κ1) is 8.23. The number of nitrogens with zero attached hydrogens (tertiary/aromatic N) is 1. The third-order valence-electron chi connectivity index (χ3n) is 1.43. The second kappa shape index (κ2) is 4.14. The summed E-state index contributed by atoms with van der Waals surface area (Å²) < 4.78 is 0. The second-order valence-electron chi connectivity index (χ2n) is 2.29. The van der Waals surface area contributed by atoms with E-state index in [1.54, 1.807) is 0 Å². The first-order valence-corrected chi connectivity index (χ1v) is 3.24. The van der Waals surface area contributed by atoms with Gasteiger partial charge in [0.2, 0.25) is 0 Å². The smallest absolute Gasteiger partial charge is 0.0666 e. The summed E-state index contributed by atoms with van der Waals surface area (Å²) >= 11 is 0. The van der Waals surface area contributed by atoms with E-state index in [0.29, 0.717) is 6.42 Å². The van der Waals surface area contributed by atoms with Crippen LogP contribution in [-0.2, 0) is 0 Å². The molecule has 0 heterocycles. The van der Waals surface area contributed by atoms with Crippen molar-refractivity contribution in [3.8, 4) is 6.07 Å².